The lowest BCUT2D eigenvalue weighted by Crippen LogP contribution is -2.35. The van der Waals surface area contributed by atoms with Gasteiger partial charge >= 0.3 is 5.97 Å². The summed E-state index contributed by atoms with van der Waals surface area (Å²) in [6.07, 6.45) is 0.177. The van der Waals surface area contributed by atoms with Crippen LogP contribution in [0, 0.1) is 13.8 Å². The smallest absolute Gasteiger partial charge is 0.307 e. The van der Waals surface area contributed by atoms with Gasteiger partial charge in [0, 0.05) is 25.8 Å². The number of hydrogen-bond acceptors (Lipinski definition) is 4. The van der Waals surface area contributed by atoms with Crippen LogP contribution >= 0.6 is 0 Å². The third-order valence-corrected chi connectivity index (χ3v) is 3.13. The lowest BCUT2D eigenvalue weighted by molar-refractivity contribution is -0.140. The number of rotatable bonds is 7. The molecule has 5 nitrogen and oxygen atoms in total. The van der Waals surface area contributed by atoms with Crippen molar-refractivity contribution >= 4 is 11.9 Å². The molecule has 0 aliphatic rings. The number of carbonyl (C=O) groups is 2. The van der Waals surface area contributed by atoms with E-state index in [0.717, 1.165) is 11.1 Å². The summed E-state index contributed by atoms with van der Waals surface area (Å²) in [7, 11) is 2.92. The second kappa shape index (κ2) is 8.42. The van der Waals surface area contributed by atoms with Gasteiger partial charge in [0.1, 0.15) is 0 Å². The van der Waals surface area contributed by atoms with Crippen LogP contribution < -0.4 is 0 Å². The van der Waals surface area contributed by atoms with Crippen LogP contribution in [0.4, 0.5) is 0 Å². The Kier molecular flexibility index (Phi) is 6.88. The van der Waals surface area contributed by atoms with Gasteiger partial charge in [-0.15, -0.1) is 0 Å². The Morgan fingerprint density at radius 3 is 2.19 bits per heavy atom. The van der Waals surface area contributed by atoms with Crippen molar-refractivity contribution in [1.82, 2.24) is 4.90 Å². The first-order valence-corrected chi connectivity index (χ1v) is 6.91. The Morgan fingerprint density at radius 2 is 1.67 bits per heavy atom. The highest BCUT2D eigenvalue weighted by Crippen LogP contribution is 2.12. The zero-order chi connectivity index (χ0) is 15.8. The molecule has 0 unspecified atom stereocenters. The van der Waals surface area contributed by atoms with Crippen molar-refractivity contribution in [3.63, 3.8) is 0 Å². The monoisotopic (exact) mass is 293 g/mol. The van der Waals surface area contributed by atoms with Crippen LogP contribution in [0.25, 0.3) is 0 Å². The molecule has 116 valence electrons. The van der Waals surface area contributed by atoms with E-state index in [1.807, 2.05) is 32.0 Å². The van der Waals surface area contributed by atoms with Crippen LogP contribution in [-0.4, -0.2) is 50.7 Å². The van der Waals surface area contributed by atoms with Gasteiger partial charge in [0.15, 0.2) is 0 Å². The van der Waals surface area contributed by atoms with Gasteiger partial charge in [-0.2, -0.15) is 0 Å². The molecule has 0 heterocycles. The minimum Gasteiger partial charge on any atom is -0.469 e. The van der Waals surface area contributed by atoms with E-state index in [1.54, 1.807) is 12.0 Å². The predicted octanol–water partition coefficient (Wildman–Crippen LogP) is 1.96. The molecule has 0 spiro atoms. The maximum atomic E-state index is 12.6. The van der Waals surface area contributed by atoms with Gasteiger partial charge in [0.2, 0.25) is 0 Å². The number of nitrogens with zero attached hydrogens (tertiary/aromatic N) is 1. The molecule has 0 aromatic heterocycles. The van der Waals surface area contributed by atoms with E-state index in [9.17, 15) is 9.59 Å². The Hall–Kier alpha value is -1.88. The molecule has 0 atom stereocenters. The zero-order valence-corrected chi connectivity index (χ0v) is 13.1. The molecule has 0 radical (unpaired) electrons. The van der Waals surface area contributed by atoms with Crippen molar-refractivity contribution in [2.24, 2.45) is 0 Å². The molecule has 0 N–H and O–H groups in total. The zero-order valence-electron chi connectivity index (χ0n) is 13.1. The van der Waals surface area contributed by atoms with Crippen molar-refractivity contribution in [3.8, 4) is 0 Å². The van der Waals surface area contributed by atoms with Gasteiger partial charge in [0.05, 0.1) is 20.1 Å². The number of carbonyl (C=O) groups excluding carboxylic acids is 2. The summed E-state index contributed by atoms with van der Waals surface area (Å²) in [5.41, 5.74) is 2.71. The second-order valence-corrected chi connectivity index (χ2v) is 4.99. The van der Waals surface area contributed by atoms with Crippen LogP contribution in [0.1, 0.15) is 27.9 Å². The lowest BCUT2D eigenvalue weighted by atomic mass is 10.1. The SMILES string of the molecule is COCCN(CCC(=O)OC)C(=O)c1cc(C)cc(C)c1. The standard InChI is InChI=1S/C16H23NO4/c1-12-9-13(2)11-14(10-12)16(19)17(7-8-20-3)6-5-15(18)21-4/h9-11H,5-8H2,1-4H3. The van der Waals surface area contributed by atoms with Gasteiger partial charge in [0.25, 0.3) is 5.91 Å². The van der Waals surface area contributed by atoms with Crippen LogP contribution in [-0.2, 0) is 14.3 Å². The number of aryl methyl sites for hydroxylation is 2. The van der Waals surface area contributed by atoms with E-state index < -0.39 is 0 Å². The Balaban J connectivity index is 2.84. The number of benzene rings is 1. The Labute approximate surface area is 125 Å². The van der Waals surface area contributed by atoms with E-state index in [2.05, 4.69) is 4.74 Å². The van der Waals surface area contributed by atoms with Gasteiger partial charge < -0.3 is 14.4 Å². The number of ether oxygens (including phenoxy) is 2. The molecule has 1 rings (SSSR count). The second-order valence-electron chi connectivity index (χ2n) is 4.99. The van der Waals surface area contributed by atoms with Crippen molar-refractivity contribution in [2.45, 2.75) is 20.3 Å². The molecule has 0 bridgehead atoms. The fraction of sp³-hybridized carbons (Fsp3) is 0.500. The quantitative estimate of drug-likeness (QED) is 0.721. The summed E-state index contributed by atoms with van der Waals surface area (Å²) < 4.78 is 9.65. The first kappa shape index (κ1) is 17.2. The molecular formula is C16H23NO4. The summed E-state index contributed by atoms with van der Waals surface area (Å²) in [4.78, 5) is 25.5. The third-order valence-electron chi connectivity index (χ3n) is 3.13. The minimum atomic E-state index is -0.328. The first-order valence-electron chi connectivity index (χ1n) is 6.91. The molecule has 0 fully saturated rings. The molecule has 1 aromatic carbocycles. The number of amides is 1. The van der Waals surface area contributed by atoms with Crippen LogP contribution in [0.15, 0.2) is 18.2 Å². The van der Waals surface area contributed by atoms with E-state index >= 15 is 0 Å². The average molecular weight is 293 g/mol. The van der Waals surface area contributed by atoms with E-state index in [1.165, 1.54) is 7.11 Å². The minimum absolute atomic E-state index is 0.0947. The topological polar surface area (TPSA) is 55.8 Å². The van der Waals surface area contributed by atoms with Crippen molar-refractivity contribution < 1.29 is 19.1 Å². The summed E-state index contributed by atoms with van der Waals surface area (Å²) in [6, 6.07) is 5.73. The molecule has 0 aliphatic heterocycles. The van der Waals surface area contributed by atoms with Gasteiger partial charge in [-0.3, -0.25) is 9.59 Å². The highest BCUT2D eigenvalue weighted by atomic mass is 16.5. The number of methoxy groups -OCH3 is 2. The van der Waals surface area contributed by atoms with Crippen LogP contribution in [0.5, 0.6) is 0 Å². The van der Waals surface area contributed by atoms with E-state index in [4.69, 9.17) is 4.74 Å². The summed E-state index contributed by atoms with van der Waals surface area (Å²) in [6.45, 7) is 5.11. The van der Waals surface area contributed by atoms with Gasteiger partial charge in [-0.25, -0.2) is 0 Å². The molecular weight excluding hydrogens is 270 g/mol. The Bertz CT molecular complexity index is 479. The lowest BCUT2D eigenvalue weighted by Gasteiger charge is -2.22. The molecule has 21 heavy (non-hydrogen) atoms. The van der Waals surface area contributed by atoms with Gasteiger partial charge in [-0.1, -0.05) is 17.2 Å². The molecule has 0 saturated heterocycles. The summed E-state index contributed by atoms with van der Waals surface area (Å²) in [5.74, 6) is -0.423. The maximum absolute atomic E-state index is 12.6. The van der Waals surface area contributed by atoms with Gasteiger partial charge in [-0.05, 0) is 26.0 Å². The number of hydrogen-bond donors (Lipinski definition) is 0. The number of esters is 1. The molecule has 0 aliphatic carbocycles. The fourth-order valence-electron chi connectivity index (χ4n) is 2.13. The maximum Gasteiger partial charge on any atom is 0.307 e. The molecule has 0 saturated carbocycles. The van der Waals surface area contributed by atoms with Crippen molar-refractivity contribution in [3.05, 3.63) is 34.9 Å². The largest absolute Gasteiger partial charge is 0.469 e. The normalized spacial score (nSPS) is 10.3. The first-order chi connectivity index (χ1) is 9.97. The highest BCUT2D eigenvalue weighted by Gasteiger charge is 2.17. The Morgan fingerprint density at radius 1 is 1.05 bits per heavy atom. The molecule has 5 heteroatoms. The fourth-order valence-corrected chi connectivity index (χ4v) is 2.13. The summed E-state index contributed by atoms with van der Waals surface area (Å²) in [5, 5.41) is 0. The van der Waals surface area contributed by atoms with E-state index in [-0.39, 0.29) is 18.3 Å². The van der Waals surface area contributed by atoms with Crippen molar-refractivity contribution in [1.29, 1.82) is 0 Å². The average Bonchev–Trinajstić information content (AvgIpc) is 2.45. The van der Waals surface area contributed by atoms with Crippen LogP contribution in [0.2, 0.25) is 0 Å². The highest BCUT2D eigenvalue weighted by molar-refractivity contribution is 5.94. The molecule has 1 aromatic rings. The van der Waals surface area contributed by atoms with E-state index in [0.29, 0.717) is 25.3 Å². The third kappa shape index (κ3) is 5.55. The predicted molar refractivity (Wildman–Crippen MR) is 80.3 cm³/mol. The molecule has 1 amide bonds. The van der Waals surface area contributed by atoms with Crippen molar-refractivity contribution in [2.75, 3.05) is 33.9 Å². The van der Waals surface area contributed by atoms with Crippen LogP contribution in [0.3, 0.4) is 0 Å². The summed E-state index contributed by atoms with van der Waals surface area (Å²) >= 11 is 0.